The van der Waals surface area contributed by atoms with Gasteiger partial charge in [-0.2, -0.15) is 0 Å². The van der Waals surface area contributed by atoms with Gasteiger partial charge in [0, 0.05) is 29.8 Å². The lowest BCUT2D eigenvalue weighted by Gasteiger charge is -2.52. The third-order valence-electron chi connectivity index (χ3n) is 8.85. The van der Waals surface area contributed by atoms with Crippen molar-refractivity contribution < 1.29 is 39.0 Å². The van der Waals surface area contributed by atoms with Gasteiger partial charge in [-0.1, -0.05) is 11.8 Å². The van der Waals surface area contributed by atoms with Crippen LogP contribution >= 0.6 is 0 Å². The number of aromatic hydroxyl groups is 1. The predicted octanol–water partition coefficient (Wildman–Crippen LogP) is -0.989. The first-order valence-electron chi connectivity index (χ1n) is 14.2. The van der Waals surface area contributed by atoms with Crippen molar-refractivity contribution in [2.45, 2.75) is 24.5 Å². The van der Waals surface area contributed by atoms with E-state index >= 15 is 0 Å². The zero-order chi connectivity index (χ0) is 33.0. The first kappa shape index (κ1) is 31.7. The second-order valence-corrected chi connectivity index (χ2v) is 12.1. The number of nitrogens with two attached hydrogens (primary N) is 2. The number of anilines is 1. The van der Waals surface area contributed by atoms with Gasteiger partial charge in [0.05, 0.1) is 24.1 Å². The summed E-state index contributed by atoms with van der Waals surface area (Å²) in [5, 5.41) is 26.4. The van der Waals surface area contributed by atoms with Gasteiger partial charge in [0.1, 0.15) is 5.75 Å². The number of phenolic OH excluding ortho intramolecular Hbond substituents is 1. The Morgan fingerprint density at radius 3 is 2.29 bits per heavy atom. The van der Waals surface area contributed by atoms with E-state index in [0.29, 0.717) is 22.4 Å². The van der Waals surface area contributed by atoms with Crippen molar-refractivity contribution in [1.82, 2.24) is 9.91 Å². The third kappa shape index (κ3) is 5.32. The minimum atomic E-state index is -2.78. The fourth-order valence-electron chi connectivity index (χ4n) is 6.93. The van der Waals surface area contributed by atoms with Gasteiger partial charge in [0.15, 0.2) is 34.7 Å². The molecule has 0 heterocycles. The Hall–Kier alpha value is -4.74. The van der Waals surface area contributed by atoms with E-state index in [1.807, 2.05) is 0 Å². The number of carbonyl (C=O) groups excluding carboxylic acids is 6. The van der Waals surface area contributed by atoms with Crippen LogP contribution in [0.5, 0.6) is 5.75 Å². The number of hydrogen-bond acceptors (Lipinski definition) is 11. The van der Waals surface area contributed by atoms with Crippen molar-refractivity contribution in [3.8, 4) is 17.6 Å². The Morgan fingerprint density at radius 2 is 1.69 bits per heavy atom. The largest absolute Gasteiger partial charge is 0.507 e. The summed E-state index contributed by atoms with van der Waals surface area (Å²) in [7, 11) is 4.62. The third-order valence-corrected chi connectivity index (χ3v) is 8.85. The number of phenols is 1. The van der Waals surface area contributed by atoms with Crippen molar-refractivity contribution in [2.24, 2.45) is 35.2 Å². The van der Waals surface area contributed by atoms with Crippen molar-refractivity contribution in [3.63, 3.8) is 0 Å². The second kappa shape index (κ2) is 11.6. The van der Waals surface area contributed by atoms with Crippen LogP contribution < -0.4 is 16.9 Å². The highest BCUT2D eigenvalue weighted by Crippen LogP contribution is 2.50. The quantitative estimate of drug-likeness (QED) is 0.119. The van der Waals surface area contributed by atoms with Gasteiger partial charge >= 0.3 is 0 Å². The Balaban J connectivity index is 1.49. The van der Waals surface area contributed by atoms with Gasteiger partial charge in [-0.25, -0.2) is 5.01 Å². The molecule has 5 rings (SSSR count). The monoisotopic (exact) mass is 615 g/mol. The number of ketones is 4. The predicted molar refractivity (Wildman–Crippen MR) is 159 cm³/mol. The molecule has 0 aromatic heterocycles. The number of fused-ring (bicyclic) bond motifs is 3. The number of Topliss-reactive ketones (excluding diaryl/α,β-unsaturated/α-hetero) is 4. The summed E-state index contributed by atoms with van der Waals surface area (Å²) >= 11 is 0. The normalized spacial score (nSPS) is 27.3. The van der Waals surface area contributed by atoms with E-state index < -0.39 is 64.4 Å². The fourth-order valence-corrected chi connectivity index (χ4v) is 6.93. The smallest absolute Gasteiger partial charge is 0.239 e. The summed E-state index contributed by atoms with van der Waals surface area (Å²) in [5.74, 6) is 0.151. The highest BCUT2D eigenvalue weighted by Gasteiger charge is 2.69. The van der Waals surface area contributed by atoms with Crippen LogP contribution in [0.2, 0.25) is 0 Å². The molecule has 2 unspecified atom stereocenters. The Labute approximate surface area is 258 Å². The lowest BCUT2D eigenvalue weighted by molar-refractivity contribution is -0.181. The summed E-state index contributed by atoms with van der Waals surface area (Å²) in [6.45, 7) is 0.00995. The average molecular weight is 616 g/mol. The van der Waals surface area contributed by atoms with Crippen molar-refractivity contribution in [3.05, 3.63) is 58.7 Å². The summed E-state index contributed by atoms with van der Waals surface area (Å²) < 4.78 is 0. The van der Waals surface area contributed by atoms with Crippen LogP contribution in [0.4, 0.5) is 5.69 Å². The van der Waals surface area contributed by atoms with E-state index in [2.05, 4.69) is 17.2 Å². The van der Waals surface area contributed by atoms with Crippen molar-refractivity contribution >= 4 is 40.6 Å². The maximum absolute atomic E-state index is 13.9. The molecule has 6 atom stereocenters. The number of nitrogens with one attached hydrogen (secondary N) is 1. The first-order valence-corrected chi connectivity index (χ1v) is 14.2. The molecule has 3 aliphatic carbocycles. The number of hydrogen-bond donors (Lipinski definition) is 5. The number of nitrogens with zero attached hydrogens (tertiary/aromatic N) is 2. The Bertz CT molecular complexity index is 1710. The molecule has 0 spiro atoms. The molecule has 0 radical (unpaired) electrons. The molecule has 2 aromatic rings. The number of aliphatic hydroxyl groups is 1. The number of hydrazine groups is 1. The molecular formula is C32H33N5O8. The van der Waals surface area contributed by atoms with Crippen LogP contribution in [-0.2, 0) is 30.4 Å². The zero-order valence-corrected chi connectivity index (χ0v) is 24.9. The fraction of sp³-hybridized carbons (Fsp3) is 0.375. The van der Waals surface area contributed by atoms with Crippen LogP contribution in [0.25, 0.3) is 0 Å². The molecule has 7 N–H and O–H groups in total. The van der Waals surface area contributed by atoms with Crippen molar-refractivity contribution in [2.75, 3.05) is 33.0 Å². The van der Waals surface area contributed by atoms with Crippen molar-refractivity contribution in [1.29, 1.82) is 0 Å². The molecule has 13 nitrogen and oxygen atoms in total. The lowest BCUT2D eigenvalue weighted by atomic mass is 9.52. The maximum atomic E-state index is 13.9. The number of likely N-dealkylation sites (N-methyl/N-ethyl adjacent to an activating group) is 2. The molecule has 0 saturated heterocycles. The van der Waals surface area contributed by atoms with E-state index in [0.717, 1.165) is 0 Å². The number of primary amides is 1. The van der Waals surface area contributed by atoms with E-state index in [1.54, 1.807) is 37.4 Å². The molecule has 2 aromatic carbocycles. The topological polar surface area (TPSA) is 213 Å². The summed E-state index contributed by atoms with van der Waals surface area (Å²) in [6, 6.07) is 8.40. The highest BCUT2D eigenvalue weighted by atomic mass is 16.3. The van der Waals surface area contributed by atoms with Gasteiger partial charge < -0.3 is 21.3 Å². The van der Waals surface area contributed by atoms with Crippen LogP contribution in [0, 0.1) is 35.5 Å². The molecule has 3 aliphatic rings. The Kier molecular flexibility index (Phi) is 8.20. The standard InChI is InChI=1S/C32H33N5O8/c1-36(2)26-20-13-17-12-19-16(7-4-15-5-9-18(10-6-15)35-22(39)14-37(3)34)8-11-21(38)24(19)27(40)23(17)29(42)32(20,45)30(43)25(28(26)41)31(33)44/h5-6,8-11,17,20,23,25-26,38,45H,12-14,34H2,1-3H3,(H2,33,44)(H,35,39)/t17-,20-,23?,25?,26-,32-/m0/s1. The van der Waals surface area contributed by atoms with Crippen LogP contribution in [0.3, 0.4) is 0 Å². The Morgan fingerprint density at radius 1 is 1.02 bits per heavy atom. The first-order chi connectivity index (χ1) is 21.2. The molecule has 0 bridgehead atoms. The summed E-state index contributed by atoms with van der Waals surface area (Å²) in [5.41, 5.74) is 4.43. The van der Waals surface area contributed by atoms with Crippen LogP contribution in [0.15, 0.2) is 36.4 Å². The van der Waals surface area contributed by atoms with Gasteiger partial charge in [-0.15, -0.1) is 0 Å². The van der Waals surface area contributed by atoms with Crippen LogP contribution in [-0.4, -0.2) is 94.4 Å². The molecule has 234 valence electrons. The number of amides is 2. The molecular weight excluding hydrogens is 582 g/mol. The molecule has 13 heteroatoms. The molecule has 0 aliphatic heterocycles. The lowest BCUT2D eigenvalue weighted by Crippen LogP contribution is -2.74. The van der Waals surface area contributed by atoms with Gasteiger partial charge in [-0.05, 0) is 74.8 Å². The number of rotatable bonds is 5. The minimum Gasteiger partial charge on any atom is -0.507 e. The minimum absolute atomic E-state index is 0.00995. The van der Waals surface area contributed by atoms with E-state index in [-0.39, 0.29) is 36.6 Å². The zero-order valence-electron chi connectivity index (χ0n) is 24.9. The van der Waals surface area contributed by atoms with Crippen LogP contribution in [0.1, 0.15) is 33.5 Å². The average Bonchev–Trinajstić information content (AvgIpc) is 2.94. The van der Waals surface area contributed by atoms with E-state index in [1.165, 1.54) is 30.1 Å². The van der Waals surface area contributed by atoms with E-state index in [9.17, 15) is 39.0 Å². The molecule has 45 heavy (non-hydrogen) atoms. The maximum Gasteiger partial charge on any atom is 0.239 e. The summed E-state index contributed by atoms with van der Waals surface area (Å²) in [4.78, 5) is 79.9. The van der Waals surface area contributed by atoms with E-state index in [4.69, 9.17) is 11.6 Å². The van der Waals surface area contributed by atoms with Gasteiger partial charge in [0.25, 0.3) is 0 Å². The second-order valence-electron chi connectivity index (χ2n) is 12.1. The summed E-state index contributed by atoms with van der Waals surface area (Å²) in [6.07, 6.45) is 0.0460. The van der Waals surface area contributed by atoms with Gasteiger partial charge in [0.2, 0.25) is 11.8 Å². The number of carbonyl (C=O) groups is 6. The number of benzene rings is 2. The molecule has 2 fully saturated rings. The highest BCUT2D eigenvalue weighted by molar-refractivity contribution is 6.32. The SMILES string of the molecule is CN(N)CC(=O)Nc1ccc(C#Cc2ccc(O)c3c2C[C@H]2C[C@H]4[C@H](N(C)C)C(=O)C(C(N)=O)C(=O)[C@@]4(O)C(=O)C2C3=O)cc1. The molecule has 2 amide bonds. The molecule has 2 saturated carbocycles. The van der Waals surface area contributed by atoms with Gasteiger partial charge in [-0.3, -0.25) is 39.5 Å².